The molecule has 6 heteroatoms. The molecule has 0 saturated heterocycles. The van der Waals surface area contributed by atoms with Gasteiger partial charge in [0, 0.05) is 18.1 Å². The van der Waals surface area contributed by atoms with Crippen LogP contribution in [0.2, 0.25) is 0 Å². The second-order valence-corrected chi connectivity index (χ2v) is 5.91. The van der Waals surface area contributed by atoms with Gasteiger partial charge in [-0.25, -0.2) is 0 Å². The Hall–Kier alpha value is -2.13. The predicted molar refractivity (Wildman–Crippen MR) is 76.6 cm³/mol. The van der Waals surface area contributed by atoms with E-state index in [-0.39, 0.29) is 11.8 Å². The van der Waals surface area contributed by atoms with Crippen LogP contribution in [0.5, 0.6) is 0 Å². The van der Waals surface area contributed by atoms with E-state index in [1.54, 1.807) is 24.6 Å². The quantitative estimate of drug-likeness (QED) is 0.921. The number of rotatable bonds is 2. The number of aromatic nitrogens is 2. The van der Waals surface area contributed by atoms with Gasteiger partial charge in [0.1, 0.15) is 11.6 Å². The van der Waals surface area contributed by atoms with E-state index in [2.05, 4.69) is 10.4 Å². The lowest BCUT2D eigenvalue weighted by Gasteiger charge is -2.21. The molecular formula is C14H14N4OS. The van der Waals surface area contributed by atoms with Crippen LogP contribution in [-0.2, 0) is 18.3 Å². The van der Waals surface area contributed by atoms with Crippen molar-refractivity contribution < 1.29 is 4.79 Å². The molecule has 3 rings (SSSR count). The molecule has 1 amide bonds. The van der Waals surface area contributed by atoms with Crippen LogP contribution in [0.25, 0.3) is 0 Å². The summed E-state index contributed by atoms with van der Waals surface area (Å²) in [6.07, 6.45) is 4.54. The summed E-state index contributed by atoms with van der Waals surface area (Å²) in [5, 5.41) is 18.0. The van der Waals surface area contributed by atoms with E-state index in [1.807, 2.05) is 17.5 Å². The van der Waals surface area contributed by atoms with E-state index >= 15 is 0 Å². The molecule has 102 valence electrons. The van der Waals surface area contributed by atoms with Gasteiger partial charge in [0.2, 0.25) is 5.91 Å². The van der Waals surface area contributed by atoms with E-state index in [1.165, 1.54) is 9.56 Å². The highest BCUT2D eigenvalue weighted by Crippen LogP contribution is 2.35. The van der Waals surface area contributed by atoms with Crippen molar-refractivity contribution in [1.29, 1.82) is 5.26 Å². The molecule has 1 unspecified atom stereocenters. The molecule has 20 heavy (non-hydrogen) atoms. The molecule has 1 aliphatic rings. The number of nitriles is 1. The maximum absolute atomic E-state index is 12.4. The zero-order chi connectivity index (χ0) is 14.1. The van der Waals surface area contributed by atoms with Crippen LogP contribution in [0, 0.1) is 11.3 Å². The molecule has 2 heterocycles. The molecule has 2 aromatic heterocycles. The second kappa shape index (κ2) is 5.10. The van der Waals surface area contributed by atoms with Gasteiger partial charge in [0.05, 0.1) is 5.92 Å². The number of aryl methyl sites for hydroxylation is 2. The van der Waals surface area contributed by atoms with Gasteiger partial charge in [-0.2, -0.15) is 10.4 Å². The fourth-order valence-electron chi connectivity index (χ4n) is 2.63. The Kier molecular flexibility index (Phi) is 3.28. The Morgan fingerprint density at radius 3 is 3.30 bits per heavy atom. The van der Waals surface area contributed by atoms with Gasteiger partial charge < -0.3 is 5.32 Å². The molecule has 0 spiro atoms. The first kappa shape index (κ1) is 12.9. The van der Waals surface area contributed by atoms with Gasteiger partial charge in [-0.1, -0.05) is 0 Å². The van der Waals surface area contributed by atoms with Crippen molar-refractivity contribution in [3.05, 3.63) is 33.6 Å². The minimum atomic E-state index is -0.126. The molecule has 0 radical (unpaired) electrons. The molecule has 0 saturated carbocycles. The number of anilines is 1. The summed E-state index contributed by atoms with van der Waals surface area (Å²) in [5.41, 5.74) is 1.52. The lowest BCUT2D eigenvalue weighted by Crippen LogP contribution is -2.24. The van der Waals surface area contributed by atoms with Crippen molar-refractivity contribution in [3.8, 4) is 6.07 Å². The molecular weight excluding hydrogens is 272 g/mol. The van der Waals surface area contributed by atoms with Crippen molar-refractivity contribution in [2.75, 3.05) is 5.32 Å². The number of hydrogen-bond donors (Lipinski definition) is 1. The van der Waals surface area contributed by atoms with E-state index in [9.17, 15) is 4.79 Å². The van der Waals surface area contributed by atoms with Crippen LogP contribution < -0.4 is 5.32 Å². The fourth-order valence-corrected chi connectivity index (χ4v) is 3.61. The minimum absolute atomic E-state index is 0.0699. The lowest BCUT2D eigenvalue weighted by molar-refractivity contribution is -0.117. The van der Waals surface area contributed by atoms with Crippen molar-refractivity contribution >= 4 is 23.1 Å². The molecule has 0 aromatic carbocycles. The monoisotopic (exact) mass is 286 g/mol. The zero-order valence-corrected chi connectivity index (χ0v) is 11.9. The van der Waals surface area contributed by atoms with Crippen molar-refractivity contribution in [2.24, 2.45) is 7.05 Å². The van der Waals surface area contributed by atoms with E-state index in [4.69, 9.17) is 5.26 Å². The molecule has 1 aliphatic carbocycles. The Morgan fingerprint density at radius 1 is 1.65 bits per heavy atom. The highest BCUT2D eigenvalue weighted by atomic mass is 32.1. The summed E-state index contributed by atoms with van der Waals surface area (Å²) in [6.45, 7) is 0. The van der Waals surface area contributed by atoms with Gasteiger partial charge >= 0.3 is 0 Å². The fraction of sp³-hybridized carbons (Fsp3) is 0.357. The number of carbonyl (C=O) groups is 1. The Bertz CT molecular complexity index is 694. The highest BCUT2D eigenvalue weighted by molar-refractivity contribution is 7.10. The van der Waals surface area contributed by atoms with Gasteiger partial charge in [-0.05, 0) is 36.3 Å². The van der Waals surface area contributed by atoms with Crippen molar-refractivity contribution in [1.82, 2.24) is 9.78 Å². The third-order valence-electron chi connectivity index (χ3n) is 3.56. The van der Waals surface area contributed by atoms with Gasteiger partial charge in [-0.15, -0.1) is 11.3 Å². The normalized spacial score (nSPS) is 17.3. The third-order valence-corrected chi connectivity index (χ3v) is 4.56. The van der Waals surface area contributed by atoms with Crippen LogP contribution in [0.15, 0.2) is 17.6 Å². The first-order chi connectivity index (χ1) is 9.69. The number of thiophene rings is 1. The van der Waals surface area contributed by atoms with Gasteiger partial charge in [0.15, 0.2) is 5.82 Å². The summed E-state index contributed by atoms with van der Waals surface area (Å²) in [7, 11) is 1.73. The van der Waals surface area contributed by atoms with E-state index < -0.39 is 0 Å². The summed E-state index contributed by atoms with van der Waals surface area (Å²) in [6, 6.07) is 4.08. The summed E-state index contributed by atoms with van der Waals surface area (Å²) >= 11 is 1.71. The number of carbonyl (C=O) groups excluding carboxylic acids is 1. The third kappa shape index (κ3) is 2.21. The number of nitrogens with zero attached hydrogens (tertiary/aromatic N) is 3. The topological polar surface area (TPSA) is 70.7 Å². The summed E-state index contributed by atoms with van der Waals surface area (Å²) < 4.78 is 1.53. The van der Waals surface area contributed by atoms with Crippen molar-refractivity contribution in [2.45, 2.75) is 25.2 Å². The smallest absolute Gasteiger partial charge is 0.233 e. The average molecular weight is 286 g/mol. The summed E-state index contributed by atoms with van der Waals surface area (Å²) in [5.74, 6) is 0.153. The Balaban J connectivity index is 1.83. The summed E-state index contributed by atoms with van der Waals surface area (Å²) in [4.78, 5) is 13.7. The van der Waals surface area contributed by atoms with Crippen LogP contribution in [-0.4, -0.2) is 15.7 Å². The standard InChI is InChI=1S/C14H14N4OS/c1-18-8-9(7-15)13(17-18)16-14(19)11-3-2-4-12-10(11)5-6-20-12/h5-6,8,11H,2-4H2,1H3,(H,16,17,19). The van der Waals surface area contributed by atoms with Gasteiger partial charge in [0.25, 0.3) is 0 Å². The highest BCUT2D eigenvalue weighted by Gasteiger charge is 2.28. The first-order valence-electron chi connectivity index (χ1n) is 6.50. The maximum Gasteiger partial charge on any atom is 0.233 e. The zero-order valence-electron chi connectivity index (χ0n) is 11.1. The first-order valence-corrected chi connectivity index (χ1v) is 7.38. The maximum atomic E-state index is 12.4. The van der Waals surface area contributed by atoms with Crippen LogP contribution >= 0.6 is 11.3 Å². The average Bonchev–Trinajstić information content (AvgIpc) is 3.04. The van der Waals surface area contributed by atoms with Crippen LogP contribution in [0.4, 0.5) is 5.82 Å². The molecule has 0 bridgehead atoms. The van der Waals surface area contributed by atoms with Crippen molar-refractivity contribution in [3.63, 3.8) is 0 Å². The Morgan fingerprint density at radius 2 is 2.50 bits per heavy atom. The van der Waals surface area contributed by atoms with Crippen LogP contribution in [0.1, 0.15) is 34.8 Å². The SMILES string of the molecule is Cn1cc(C#N)c(NC(=O)C2CCCc3sccc32)n1. The largest absolute Gasteiger partial charge is 0.308 e. The number of hydrogen-bond acceptors (Lipinski definition) is 4. The predicted octanol–water partition coefficient (Wildman–Crippen LogP) is 2.41. The number of fused-ring (bicyclic) bond motifs is 1. The molecule has 5 nitrogen and oxygen atoms in total. The van der Waals surface area contributed by atoms with Gasteiger partial charge in [-0.3, -0.25) is 9.48 Å². The molecule has 0 fully saturated rings. The molecule has 1 atom stereocenters. The Labute approximate surface area is 120 Å². The minimum Gasteiger partial charge on any atom is -0.308 e. The van der Waals surface area contributed by atoms with Crippen LogP contribution in [0.3, 0.4) is 0 Å². The van der Waals surface area contributed by atoms with E-state index in [0.717, 1.165) is 24.8 Å². The second-order valence-electron chi connectivity index (χ2n) is 4.91. The molecule has 2 aromatic rings. The lowest BCUT2D eigenvalue weighted by atomic mass is 9.87. The number of nitrogens with one attached hydrogen (secondary N) is 1. The van der Waals surface area contributed by atoms with E-state index in [0.29, 0.717) is 11.4 Å². The molecule has 1 N–H and O–H groups in total. The number of amides is 1. The molecule has 0 aliphatic heterocycles.